The van der Waals surface area contributed by atoms with Gasteiger partial charge in [-0.2, -0.15) is 13.2 Å². The summed E-state index contributed by atoms with van der Waals surface area (Å²) in [5.74, 6) is 0.664. The van der Waals surface area contributed by atoms with Crippen LogP contribution in [0, 0.1) is 6.92 Å². The van der Waals surface area contributed by atoms with Gasteiger partial charge in [-0.05, 0) is 122 Å². The summed E-state index contributed by atoms with van der Waals surface area (Å²) in [4.78, 5) is 18.6. The number of allylic oxidation sites excluding steroid dienone is 1. The van der Waals surface area contributed by atoms with Crippen molar-refractivity contribution in [1.82, 2.24) is 9.88 Å². The van der Waals surface area contributed by atoms with Crippen molar-refractivity contribution in [3.63, 3.8) is 0 Å². The van der Waals surface area contributed by atoms with E-state index in [-0.39, 0.29) is 17.5 Å². The number of anilines is 1. The van der Waals surface area contributed by atoms with Gasteiger partial charge >= 0.3 is 6.18 Å². The van der Waals surface area contributed by atoms with Crippen LogP contribution in [-0.4, -0.2) is 35.3 Å². The average molecular weight is 731 g/mol. The van der Waals surface area contributed by atoms with Crippen LogP contribution in [0.25, 0.3) is 11.1 Å². The second-order valence-electron chi connectivity index (χ2n) is 13.4. The molecular weight excluding hydrogens is 682 g/mol. The van der Waals surface area contributed by atoms with Gasteiger partial charge in [0.25, 0.3) is 0 Å². The Morgan fingerprint density at radius 2 is 1.71 bits per heavy atom. The van der Waals surface area contributed by atoms with Crippen molar-refractivity contribution in [2.75, 3.05) is 18.0 Å². The van der Waals surface area contributed by atoms with Crippen molar-refractivity contribution in [2.45, 2.75) is 111 Å². The number of aromatic nitrogens is 1. The molecule has 0 radical (unpaired) electrons. The molecule has 1 aromatic heterocycles. The highest BCUT2D eigenvalue weighted by molar-refractivity contribution is 9.10. The molecule has 0 aliphatic carbocycles. The van der Waals surface area contributed by atoms with E-state index >= 15 is 4.39 Å². The van der Waals surface area contributed by atoms with E-state index in [0.29, 0.717) is 18.5 Å². The fourth-order valence-electron chi connectivity index (χ4n) is 6.78. The minimum atomic E-state index is -4.57. The van der Waals surface area contributed by atoms with Crippen LogP contribution < -0.4 is 4.90 Å². The zero-order chi connectivity index (χ0) is 35.6. The third-order valence-electron chi connectivity index (χ3n) is 9.60. The van der Waals surface area contributed by atoms with Crippen molar-refractivity contribution in [2.24, 2.45) is 0 Å². The number of likely N-dealkylation sites (tertiary alicyclic amines) is 1. The maximum absolute atomic E-state index is 15.0. The molecule has 3 heterocycles. The number of aryl methyl sites for hydroxylation is 2. The number of carbonyl (C=O) groups excluding carboxylic acids is 1. The Hall–Kier alpha value is -3.20. The Bertz CT molecular complexity index is 1610. The fraction of sp³-hybridized carbons (Fsp3) is 0.487. The topological polar surface area (TPSA) is 36.4 Å². The van der Waals surface area contributed by atoms with E-state index in [1.807, 2.05) is 6.92 Å². The van der Waals surface area contributed by atoms with Crippen molar-refractivity contribution in [3.8, 4) is 11.1 Å². The first-order valence-electron chi connectivity index (χ1n) is 16.9. The number of hydrogen-bond acceptors (Lipinski definition) is 4. The molecule has 260 valence electrons. The third kappa shape index (κ3) is 7.98. The van der Waals surface area contributed by atoms with E-state index in [9.17, 15) is 13.2 Å². The highest BCUT2D eigenvalue weighted by Gasteiger charge is 2.39. The molecule has 2 aromatic carbocycles. The van der Waals surface area contributed by atoms with E-state index in [0.717, 1.165) is 83.9 Å². The monoisotopic (exact) mass is 729 g/mol. The first-order chi connectivity index (χ1) is 22.5. The standard InChI is InChI=1S/C37H44BrF4N3.C2H4O/c1-8-11-25-12-13-26(9-2)31(17-25)33-23(4)34(38)35(44-14-10-15-44)43-32(33)21-45-22(3)16-30(24(45)5)27-18-28(36(6,7)39)20-29(19-27)37(40,41)42;1-2-3/h12-13,17-20,24,30H,3,8-11,14-16,21H2,1-2,4-7H3;2H,1H3. The van der Waals surface area contributed by atoms with Gasteiger partial charge in [0.1, 0.15) is 17.8 Å². The molecule has 5 rings (SSSR count). The van der Waals surface area contributed by atoms with Gasteiger partial charge in [0, 0.05) is 36.3 Å². The lowest BCUT2D eigenvalue weighted by Crippen LogP contribution is -2.38. The fourth-order valence-corrected chi connectivity index (χ4v) is 7.32. The third-order valence-corrected chi connectivity index (χ3v) is 10.6. The number of alkyl halides is 4. The van der Waals surface area contributed by atoms with Crippen LogP contribution in [0.2, 0.25) is 0 Å². The minimum absolute atomic E-state index is 0.0364. The molecular formula is C39H48BrF4N3O. The number of hydrogen-bond donors (Lipinski definition) is 0. The Balaban J connectivity index is 0.00000167. The van der Waals surface area contributed by atoms with Crippen LogP contribution in [0.1, 0.15) is 106 Å². The zero-order valence-corrected chi connectivity index (χ0v) is 30.8. The number of rotatable bonds is 9. The van der Waals surface area contributed by atoms with Crippen LogP contribution >= 0.6 is 15.9 Å². The molecule has 2 aliphatic rings. The summed E-state index contributed by atoms with van der Waals surface area (Å²) < 4.78 is 57.9. The molecule has 2 unspecified atom stereocenters. The highest BCUT2D eigenvalue weighted by atomic mass is 79.9. The van der Waals surface area contributed by atoms with Gasteiger partial charge in [0.2, 0.25) is 0 Å². The van der Waals surface area contributed by atoms with Gasteiger partial charge in [-0.1, -0.05) is 51.1 Å². The lowest BCUT2D eigenvalue weighted by molar-refractivity contribution is -0.137. The molecule has 3 aromatic rings. The summed E-state index contributed by atoms with van der Waals surface area (Å²) in [5, 5.41) is 0. The van der Waals surface area contributed by atoms with Gasteiger partial charge in [0.15, 0.2) is 0 Å². The lowest BCUT2D eigenvalue weighted by atomic mass is 9.86. The number of pyridine rings is 1. The van der Waals surface area contributed by atoms with Gasteiger partial charge in [-0.3, -0.25) is 0 Å². The van der Waals surface area contributed by atoms with Crippen LogP contribution in [-0.2, 0) is 36.0 Å². The molecule has 4 nitrogen and oxygen atoms in total. The largest absolute Gasteiger partial charge is 0.416 e. The Morgan fingerprint density at radius 3 is 2.25 bits per heavy atom. The van der Waals surface area contributed by atoms with Crippen LogP contribution in [0.15, 0.2) is 53.1 Å². The van der Waals surface area contributed by atoms with Crippen molar-refractivity contribution < 1.29 is 22.4 Å². The molecule has 0 N–H and O–H groups in total. The van der Waals surface area contributed by atoms with Crippen molar-refractivity contribution >= 4 is 28.0 Å². The zero-order valence-electron chi connectivity index (χ0n) is 29.2. The number of benzene rings is 2. The summed E-state index contributed by atoms with van der Waals surface area (Å²) in [7, 11) is 0. The molecule has 0 amide bonds. The molecule has 9 heteroatoms. The van der Waals surface area contributed by atoms with Crippen LogP contribution in [0.4, 0.5) is 23.4 Å². The number of halogens is 5. The molecule has 0 saturated carbocycles. The van der Waals surface area contributed by atoms with Crippen molar-refractivity contribution in [1.29, 1.82) is 0 Å². The second kappa shape index (κ2) is 15.1. The van der Waals surface area contributed by atoms with Gasteiger partial charge in [-0.25, -0.2) is 9.37 Å². The molecule has 0 bridgehead atoms. The SMILES string of the molecule is C=C1CC(c2cc(C(C)(C)F)cc(C(F)(F)F)c2)C(C)N1Cc1nc(N2CCC2)c(Br)c(C)c1-c1cc(CCC)ccc1CC.CC=O. The van der Waals surface area contributed by atoms with E-state index in [1.54, 1.807) is 6.07 Å². The summed E-state index contributed by atoms with van der Waals surface area (Å²) in [6.45, 7) is 19.3. The predicted octanol–water partition coefficient (Wildman–Crippen LogP) is 10.9. The van der Waals surface area contributed by atoms with E-state index in [4.69, 9.17) is 9.78 Å². The number of nitrogens with zero attached hydrogens (tertiary/aromatic N) is 3. The van der Waals surface area contributed by atoms with Crippen LogP contribution in [0.5, 0.6) is 0 Å². The molecule has 2 aliphatic heterocycles. The van der Waals surface area contributed by atoms with Crippen molar-refractivity contribution in [3.05, 3.63) is 92.2 Å². The van der Waals surface area contributed by atoms with Crippen LogP contribution in [0.3, 0.4) is 0 Å². The predicted molar refractivity (Wildman–Crippen MR) is 191 cm³/mol. The Labute approximate surface area is 291 Å². The normalized spacial score (nSPS) is 18.0. The second-order valence-corrected chi connectivity index (χ2v) is 14.2. The summed E-state index contributed by atoms with van der Waals surface area (Å²) in [6.07, 6.45) is 0.713. The number of aldehydes is 1. The molecule has 2 fully saturated rings. The molecule has 48 heavy (non-hydrogen) atoms. The summed E-state index contributed by atoms with van der Waals surface area (Å²) >= 11 is 3.90. The lowest BCUT2D eigenvalue weighted by Gasteiger charge is -2.35. The first-order valence-corrected chi connectivity index (χ1v) is 17.7. The summed E-state index contributed by atoms with van der Waals surface area (Å²) in [6, 6.07) is 10.3. The van der Waals surface area contributed by atoms with E-state index in [1.165, 1.54) is 43.5 Å². The van der Waals surface area contributed by atoms with Gasteiger partial charge in [0.05, 0.1) is 22.3 Å². The van der Waals surface area contributed by atoms with Gasteiger partial charge in [-0.15, -0.1) is 0 Å². The number of carbonyl (C=O) groups is 1. The minimum Gasteiger partial charge on any atom is -0.366 e. The molecule has 2 atom stereocenters. The highest BCUT2D eigenvalue weighted by Crippen LogP contribution is 2.46. The van der Waals surface area contributed by atoms with E-state index < -0.39 is 17.4 Å². The smallest absolute Gasteiger partial charge is 0.366 e. The van der Waals surface area contributed by atoms with E-state index in [2.05, 4.69) is 71.3 Å². The maximum Gasteiger partial charge on any atom is 0.416 e. The first kappa shape index (κ1) is 37.6. The molecule has 0 spiro atoms. The maximum atomic E-state index is 15.0. The molecule has 2 saturated heterocycles. The quantitative estimate of drug-likeness (QED) is 0.162. The Morgan fingerprint density at radius 1 is 1.06 bits per heavy atom. The van der Waals surface area contributed by atoms with Gasteiger partial charge < -0.3 is 14.6 Å². The average Bonchev–Trinajstić information content (AvgIpc) is 3.27. The summed E-state index contributed by atoms with van der Waals surface area (Å²) in [5.41, 5.74) is 5.54. The Kier molecular flexibility index (Phi) is 11.9.